The average Bonchev–Trinajstić information content (AvgIpc) is 2.68. The fourth-order valence-electron chi connectivity index (χ4n) is 1.85. The van der Waals surface area contributed by atoms with Crippen LogP contribution in [0.1, 0.15) is 17.9 Å². The summed E-state index contributed by atoms with van der Waals surface area (Å²) in [7, 11) is -3.28. The Morgan fingerprint density at radius 1 is 1.60 bits per heavy atom. The highest BCUT2D eigenvalue weighted by Crippen LogP contribution is 2.27. The standard InChI is InChI=1S/C9H13ClN2O2S/c1-15(13,14)12-6-8(4-9(12)10)7-2-3-11-5-7/h4,6-7,11H,2-3,5H2,1H3. The van der Waals surface area contributed by atoms with Crippen molar-refractivity contribution in [3.63, 3.8) is 0 Å². The Labute approximate surface area is 94.3 Å². The van der Waals surface area contributed by atoms with Crippen LogP contribution in [0.2, 0.25) is 5.15 Å². The molecule has 1 aliphatic heterocycles. The summed E-state index contributed by atoms with van der Waals surface area (Å²) in [5.41, 5.74) is 0.996. The Morgan fingerprint density at radius 2 is 2.33 bits per heavy atom. The molecular formula is C9H13ClN2O2S. The largest absolute Gasteiger partial charge is 0.316 e. The highest BCUT2D eigenvalue weighted by atomic mass is 35.5. The van der Waals surface area contributed by atoms with Crippen molar-refractivity contribution in [3.05, 3.63) is 23.0 Å². The van der Waals surface area contributed by atoms with Gasteiger partial charge in [0.2, 0.25) is 10.0 Å². The summed E-state index contributed by atoms with van der Waals surface area (Å²) in [6.45, 7) is 1.87. The van der Waals surface area contributed by atoms with Crippen LogP contribution in [0.4, 0.5) is 0 Å². The van der Waals surface area contributed by atoms with Crippen molar-refractivity contribution >= 4 is 21.6 Å². The third kappa shape index (κ3) is 2.19. The second kappa shape index (κ2) is 3.81. The molecule has 0 aromatic carbocycles. The number of rotatable bonds is 2. The molecule has 1 fully saturated rings. The van der Waals surface area contributed by atoms with Gasteiger partial charge in [-0.1, -0.05) is 11.6 Å². The normalized spacial score (nSPS) is 22.1. The van der Waals surface area contributed by atoms with Crippen LogP contribution in [0.3, 0.4) is 0 Å². The zero-order chi connectivity index (χ0) is 11.1. The van der Waals surface area contributed by atoms with Crippen molar-refractivity contribution in [2.24, 2.45) is 0 Å². The van der Waals surface area contributed by atoms with E-state index in [4.69, 9.17) is 11.6 Å². The van der Waals surface area contributed by atoms with Crippen LogP contribution >= 0.6 is 11.6 Å². The van der Waals surface area contributed by atoms with Crippen LogP contribution < -0.4 is 5.32 Å². The topological polar surface area (TPSA) is 51.1 Å². The van der Waals surface area contributed by atoms with Crippen LogP contribution in [0.5, 0.6) is 0 Å². The molecule has 0 saturated carbocycles. The number of halogens is 1. The molecule has 1 aromatic rings. The Hall–Kier alpha value is -0.520. The highest BCUT2D eigenvalue weighted by molar-refractivity contribution is 7.89. The fourth-order valence-corrected chi connectivity index (χ4v) is 3.09. The van der Waals surface area contributed by atoms with Gasteiger partial charge in [-0.15, -0.1) is 0 Å². The lowest BCUT2D eigenvalue weighted by atomic mass is 10.0. The van der Waals surface area contributed by atoms with Gasteiger partial charge in [-0.2, -0.15) is 0 Å². The molecule has 0 amide bonds. The lowest BCUT2D eigenvalue weighted by molar-refractivity contribution is 0.593. The van der Waals surface area contributed by atoms with Gasteiger partial charge in [0, 0.05) is 12.7 Å². The molecular weight excluding hydrogens is 236 g/mol. The van der Waals surface area contributed by atoms with Gasteiger partial charge in [-0.05, 0) is 30.5 Å². The number of nitrogens with one attached hydrogen (secondary N) is 1. The van der Waals surface area contributed by atoms with Crippen molar-refractivity contribution in [1.29, 1.82) is 0 Å². The molecule has 1 unspecified atom stereocenters. The zero-order valence-electron chi connectivity index (χ0n) is 8.40. The molecule has 2 heterocycles. The Kier molecular flexibility index (Phi) is 2.79. The van der Waals surface area contributed by atoms with Gasteiger partial charge in [0.15, 0.2) is 0 Å². The van der Waals surface area contributed by atoms with E-state index >= 15 is 0 Å². The molecule has 1 saturated heterocycles. The van der Waals surface area contributed by atoms with Crippen molar-refractivity contribution in [2.45, 2.75) is 12.3 Å². The van der Waals surface area contributed by atoms with E-state index in [2.05, 4.69) is 5.32 Å². The van der Waals surface area contributed by atoms with Crippen LogP contribution in [-0.4, -0.2) is 31.7 Å². The summed E-state index contributed by atoms with van der Waals surface area (Å²) in [5, 5.41) is 3.50. The van der Waals surface area contributed by atoms with E-state index in [1.54, 1.807) is 12.3 Å². The van der Waals surface area contributed by atoms with Crippen molar-refractivity contribution in [2.75, 3.05) is 19.3 Å². The molecule has 84 valence electrons. The Bertz CT molecular complexity index is 460. The van der Waals surface area contributed by atoms with Crippen LogP contribution in [0.15, 0.2) is 12.3 Å². The molecule has 1 N–H and O–H groups in total. The van der Waals surface area contributed by atoms with E-state index in [0.717, 1.165) is 35.3 Å². The number of nitrogens with zero attached hydrogens (tertiary/aromatic N) is 1. The molecule has 1 atom stereocenters. The second-order valence-corrected chi connectivity index (χ2v) is 6.09. The molecule has 0 bridgehead atoms. The maximum absolute atomic E-state index is 11.3. The maximum atomic E-state index is 11.3. The molecule has 2 rings (SSSR count). The van der Waals surface area contributed by atoms with Gasteiger partial charge in [-0.25, -0.2) is 12.4 Å². The quantitative estimate of drug-likeness (QED) is 0.851. The first-order valence-electron chi connectivity index (χ1n) is 4.77. The molecule has 0 spiro atoms. The zero-order valence-corrected chi connectivity index (χ0v) is 9.98. The number of aromatic nitrogens is 1. The van der Waals surface area contributed by atoms with E-state index in [1.807, 2.05) is 0 Å². The third-order valence-corrected chi connectivity index (χ3v) is 4.06. The summed E-state index contributed by atoms with van der Waals surface area (Å²) in [4.78, 5) is 0. The van der Waals surface area contributed by atoms with Crippen molar-refractivity contribution in [1.82, 2.24) is 9.29 Å². The minimum Gasteiger partial charge on any atom is -0.316 e. The lowest BCUT2D eigenvalue weighted by Crippen LogP contribution is -2.09. The highest BCUT2D eigenvalue weighted by Gasteiger charge is 2.21. The number of hydrogen-bond donors (Lipinski definition) is 1. The predicted octanol–water partition coefficient (Wildman–Crippen LogP) is 1.03. The summed E-state index contributed by atoms with van der Waals surface area (Å²) in [6, 6.07) is 1.74. The first kappa shape index (κ1) is 11.0. The molecule has 15 heavy (non-hydrogen) atoms. The fraction of sp³-hybridized carbons (Fsp3) is 0.556. The summed E-state index contributed by atoms with van der Waals surface area (Å²) < 4.78 is 23.8. The van der Waals surface area contributed by atoms with Crippen molar-refractivity contribution in [3.8, 4) is 0 Å². The van der Waals surface area contributed by atoms with E-state index in [9.17, 15) is 8.42 Å². The predicted molar refractivity (Wildman–Crippen MR) is 59.9 cm³/mol. The van der Waals surface area contributed by atoms with Gasteiger partial charge in [-0.3, -0.25) is 0 Å². The third-order valence-electron chi connectivity index (χ3n) is 2.65. The minimum absolute atomic E-state index is 0.263. The van der Waals surface area contributed by atoms with Crippen LogP contribution in [0, 0.1) is 0 Å². The first-order chi connectivity index (χ1) is 6.98. The van der Waals surface area contributed by atoms with E-state index in [-0.39, 0.29) is 5.15 Å². The SMILES string of the molecule is CS(=O)(=O)n1cc(C2CCNC2)cc1Cl. The molecule has 1 aliphatic rings. The Morgan fingerprint density at radius 3 is 2.80 bits per heavy atom. The summed E-state index contributed by atoms with van der Waals surface area (Å²) >= 11 is 5.87. The molecule has 6 heteroatoms. The van der Waals surface area contributed by atoms with Gasteiger partial charge in [0.1, 0.15) is 5.15 Å². The summed E-state index contributed by atoms with van der Waals surface area (Å²) in [6.07, 6.45) is 3.80. The van der Waals surface area contributed by atoms with Gasteiger partial charge < -0.3 is 5.32 Å². The van der Waals surface area contributed by atoms with Gasteiger partial charge in [0.25, 0.3) is 0 Å². The van der Waals surface area contributed by atoms with Crippen LogP contribution in [0.25, 0.3) is 0 Å². The van der Waals surface area contributed by atoms with Crippen molar-refractivity contribution < 1.29 is 8.42 Å². The lowest BCUT2D eigenvalue weighted by Gasteiger charge is -2.04. The summed E-state index contributed by atoms with van der Waals surface area (Å²) in [5.74, 6) is 0.380. The van der Waals surface area contributed by atoms with Gasteiger partial charge >= 0.3 is 0 Å². The molecule has 0 aliphatic carbocycles. The smallest absolute Gasteiger partial charge is 0.236 e. The van der Waals surface area contributed by atoms with E-state index in [1.165, 1.54) is 0 Å². The van der Waals surface area contributed by atoms with E-state index in [0.29, 0.717) is 5.92 Å². The molecule has 4 nitrogen and oxygen atoms in total. The minimum atomic E-state index is -3.28. The Balaban J connectivity index is 2.36. The first-order valence-corrected chi connectivity index (χ1v) is 7.00. The number of hydrogen-bond acceptors (Lipinski definition) is 3. The molecule has 0 radical (unpaired) electrons. The molecule has 1 aromatic heterocycles. The van der Waals surface area contributed by atoms with Crippen LogP contribution in [-0.2, 0) is 10.0 Å². The van der Waals surface area contributed by atoms with E-state index < -0.39 is 10.0 Å². The monoisotopic (exact) mass is 248 g/mol. The van der Waals surface area contributed by atoms with Gasteiger partial charge in [0.05, 0.1) is 6.26 Å². The maximum Gasteiger partial charge on any atom is 0.236 e. The second-order valence-electron chi connectivity index (χ2n) is 3.84. The average molecular weight is 249 g/mol.